The number of aromatic nitrogens is 1. The minimum Gasteiger partial charge on any atom is -0.464 e. The van der Waals surface area contributed by atoms with Crippen LogP contribution in [0.2, 0.25) is 0 Å². The van der Waals surface area contributed by atoms with Crippen molar-refractivity contribution in [3.63, 3.8) is 0 Å². The van der Waals surface area contributed by atoms with Crippen LogP contribution >= 0.6 is 0 Å². The number of likely N-dealkylation sites (tertiary alicyclic amines) is 1. The Balaban J connectivity index is 1.23. The molecule has 2 atom stereocenters. The van der Waals surface area contributed by atoms with Crippen LogP contribution in [-0.4, -0.2) is 29.5 Å². The van der Waals surface area contributed by atoms with E-state index in [1.807, 2.05) is 18.3 Å². The molecular formula is C27H33FN2O. The monoisotopic (exact) mass is 420 g/mol. The molecule has 5 rings (SSSR count). The van der Waals surface area contributed by atoms with Gasteiger partial charge in [-0.25, -0.2) is 4.39 Å². The molecule has 3 aromatic rings. The fourth-order valence-electron chi connectivity index (χ4n) is 5.83. The molecule has 1 aliphatic carbocycles. The fourth-order valence-corrected chi connectivity index (χ4v) is 5.83. The molecule has 0 bridgehead atoms. The predicted octanol–water partition coefficient (Wildman–Crippen LogP) is 6.90. The quantitative estimate of drug-likeness (QED) is 0.416. The van der Waals surface area contributed by atoms with Gasteiger partial charge in [0.15, 0.2) is 0 Å². The first kappa shape index (κ1) is 20.7. The highest BCUT2D eigenvalue weighted by molar-refractivity contribution is 5.81. The molecule has 2 fully saturated rings. The van der Waals surface area contributed by atoms with Gasteiger partial charge in [-0.2, -0.15) is 0 Å². The third-order valence-corrected chi connectivity index (χ3v) is 7.55. The lowest BCUT2D eigenvalue weighted by Gasteiger charge is -2.27. The summed E-state index contributed by atoms with van der Waals surface area (Å²) in [7, 11) is 0. The smallest absolute Gasteiger partial charge is 0.140 e. The highest BCUT2D eigenvalue weighted by Gasteiger charge is 2.28. The van der Waals surface area contributed by atoms with Gasteiger partial charge in [-0.1, -0.05) is 44.2 Å². The summed E-state index contributed by atoms with van der Waals surface area (Å²) in [6, 6.07) is 11.6. The van der Waals surface area contributed by atoms with Gasteiger partial charge in [0.1, 0.15) is 11.4 Å². The Morgan fingerprint density at radius 3 is 2.81 bits per heavy atom. The van der Waals surface area contributed by atoms with E-state index in [1.54, 1.807) is 18.4 Å². The molecule has 164 valence electrons. The summed E-state index contributed by atoms with van der Waals surface area (Å²) in [6.07, 6.45) is 14.1. The molecule has 0 radical (unpaired) electrons. The lowest BCUT2D eigenvalue weighted by molar-refractivity contribution is 0.277. The Bertz CT molecular complexity index is 979. The summed E-state index contributed by atoms with van der Waals surface area (Å²) in [5, 5.41) is 0.610. The minimum atomic E-state index is -0.191. The van der Waals surface area contributed by atoms with Crippen molar-refractivity contribution in [2.45, 2.75) is 63.2 Å². The average Bonchev–Trinajstić information content (AvgIpc) is 3.49. The number of hydrogen-bond acceptors (Lipinski definition) is 3. The van der Waals surface area contributed by atoms with Gasteiger partial charge < -0.3 is 9.32 Å². The van der Waals surface area contributed by atoms with Crippen LogP contribution in [0.3, 0.4) is 0 Å². The number of halogens is 1. The Labute approximate surface area is 184 Å². The van der Waals surface area contributed by atoms with Gasteiger partial charge in [0.25, 0.3) is 0 Å². The normalized spacial score (nSPS) is 21.6. The van der Waals surface area contributed by atoms with E-state index < -0.39 is 0 Å². The molecule has 31 heavy (non-hydrogen) atoms. The lowest BCUT2D eigenvalue weighted by Crippen LogP contribution is -2.24. The van der Waals surface area contributed by atoms with Gasteiger partial charge in [-0.3, -0.25) is 4.98 Å². The van der Waals surface area contributed by atoms with Crippen molar-refractivity contribution in [1.82, 2.24) is 9.88 Å². The van der Waals surface area contributed by atoms with E-state index >= 15 is 0 Å². The van der Waals surface area contributed by atoms with Crippen LogP contribution in [0.1, 0.15) is 74.5 Å². The molecule has 2 unspecified atom stereocenters. The van der Waals surface area contributed by atoms with Crippen LogP contribution in [0.4, 0.5) is 4.39 Å². The Morgan fingerprint density at radius 1 is 1.06 bits per heavy atom. The van der Waals surface area contributed by atoms with E-state index in [1.165, 1.54) is 50.6 Å². The van der Waals surface area contributed by atoms with E-state index in [0.29, 0.717) is 17.2 Å². The number of rotatable bonds is 7. The van der Waals surface area contributed by atoms with E-state index in [-0.39, 0.29) is 5.82 Å². The molecule has 1 saturated heterocycles. The van der Waals surface area contributed by atoms with Crippen molar-refractivity contribution < 1.29 is 8.81 Å². The first-order chi connectivity index (χ1) is 15.3. The largest absolute Gasteiger partial charge is 0.464 e. The molecule has 1 aliphatic heterocycles. The zero-order chi connectivity index (χ0) is 21.0. The van der Waals surface area contributed by atoms with Crippen LogP contribution < -0.4 is 0 Å². The predicted molar refractivity (Wildman–Crippen MR) is 123 cm³/mol. The summed E-state index contributed by atoms with van der Waals surface area (Å²) >= 11 is 0. The Morgan fingerprint density at radius 2 is 1.97 bits per heavy atom. The third kappa shape index (κ3) is 4.69. The second-order valence-electron chi connectivity index (χ2n) is 9.57. The number of benzene rings is 1. The molecule has 0 spiro atoms. The van der Waals surface area contributed by atoms with E-state index in [2.05, 4.69) is 17.0 Å². The maximum absolute atomic E-state index is 14.1. The van der Waals surface area contributed by atoms with Crippen molar-refractivity contribution in [1.29, 1.82) is 0 Å². The van der Waals surface area contributed by atoms with Crippen molar-refractivity contribution in [3.8, 4) is 0 Å². The van der Waals surface area contributed by atoms with Crippen LogP contribution in [0, 0.1) is 11.7 Å². The van der Waals surface area contributed by atoms with Gasteiger partial charge in [0, 0.05) is 30.3 Å². The van der Waals surface area contributed by atoms with E-state index in [9.17, 15) is 4.39 Å². The number of hydrogen-bond donors (Lipinski definition) is 0. The molecule has 1 aromatic carbocycles. The SMILES string of the molecule is Fc1ccc(C2CCN(CCC(CC3CCCCC3)c3ccccn3)C2)c2occc12. The van der Waals surface area contributed by atoms with E-state index in [0.717, 1.165) is 43.1 Å². The van der Waals surface area contributed by atoms with Gasteiger partial charge in [0.2, 0.25) is 0 Å². The summed E-state index contributed by atoms with van der Waals surface area (Å²) in [5.41, 5.74) is 3.16. The van der Waals surface area contributed by atoms with Gasteiger partial charge in [-0.15, -0.1) is 0 Å². The number of fused-ring (bicyclic) bond motifs is 1. The van der Waals surface area contributed by atoms with Crippen LogP contribution in [0.5, 0.6) is 0 Å². The van der Waals surface area contributed by atoms with Crippen molar-refractivity contribution in [2.75, 3.05) is 19.6 Å². The molecule has 0 amide bonds. The second-order valence-corrected chi connectivity index (χ2v) is 9.57. The third-order valence-electron chi connectivity index (χ3n) is 7.55. The molecule has 3 nitrogen and oxygen atoms in total. The first-order valence-corrected chi connectivity index (χ1v) is 12.1. The molecule has 4 heteroatoms. The van der Waals surface area contributed by atoms with Gasteiger partial charge in [0.05, 0.1) is 11.6 Å². The van der Waals surface area contributed by atoms with Crippen molar-refractivity contribution >= 4 is 11.0 Å². The summed E-state index contributed by atoms with van der Waals surface area (Å²) in [6.45, 7) is 3.23. The lowest BCUT2D eigenvalue weighted by atomic mass is 9.80. The minimum absolute atomic E-state index is 0.191. The number of furan rings is 1. The van der Waals surface area contributed by atoms with Gasteiger partial charge >= 0.3 is 0 Å². The standard InChI is InChI=1S/C27H33FN2O/c28-25-10-9-23(27-24(25)13-17-31-27)22-12-16-30(19-22)15-11-21(26-8-4-5-14-29-26)18-20-6-2-1-3-7-20/h4-5,8-10,13-14,17,20-22H,1-3,6-7,11-12,15-16,18-19H2. The maximum Gasteiger partial charge on any atom is 0.140 e. The molecule has 2 aliphatic rings. The summed E-state index contributed by atoms with van der Waals surface area (Å²) in [5.74, 6) is 1.63. The second kappa shape index (κ2) is 9.52. The number of pyridine rings is 1. The summed E-state index contributed by atoms with van der Waals surface area (Å²) < 4.78 is 19.7. The average molecular weight is 421 g/mol. The molecule has 0 N–H and O–H groups in total. The van der Waals surface area contributed by atoms with Crippen LogP contribution in [0.15, 0.2) is 53.3 Å². The van der Waals surface area contributed by atoms with Gasteiger partial charge in [-0.05, 0) is 68.1 Å². The first-order valence-electron chi connectivity index (χ1n) is 12.1. The highest BCUT2D eigenvalue weighted by Crippen LogP contribution is 2.37. The number of nitrogens with zero attached hydrogens (tertiary/aromatic N) is 2. The molecule has 2 aromatic heterocycles. The molecule has 3 heterocycles. The Hall–Kier alpha value is -2.20. The zero-order valence-electron chi connectivity index (χ0n) is 18.3. The Kier molecular flexibility index (Phi) is 6.35. The maximum atomic E-state index is 14.1. The van der Waals surface area contributed by atoms with Crippen LogP contribution in [-0.2, 0) is 0 Å². The highest BCUT2D eigenvalue weighted by atomic mass is 19.1. The van der Waals surface area contributed by atoms with Crippen molar-refractivity contribution in [2.24, 2.45) is 5.92 Å². The van der Waals surface area contributed by atoms with E-state index in [4.69, 9.17) is 9.40 Å². The van der Waals surface area contributed by atoms with Crippen molar-refractivity contribution in [3.05, 3.63) is 65.9 Å². The topological polar surface area (TPSA) is 29.3 Å². The fraction of sp³-hybridized carbons (Fsp3) is 0.519. The molecular weight excluding hydrogens is 387 g/mol. The van der Waals surface area contributed by atoms with Crippen LogP contribution in [0.25, 0.3) is 11.0 Å². The molecule has 1 saturated carbocycles. The zero-order valence-corrected chi connectivity index (χ0v) is 18.3. The summed E-state index contributed by atoms with van der Waals surface area (Å²) in [4.78, 5) is 7.31.